The molecule has 1 amide bonds. The predicted molar refractivity (Wildman–Crippen MR) is 105 cm³/mol. The van der Waals surface area contributed by atoms with E-state index in [4.69, 9.17) is 19.3 Å². The highest BCUT2D eigenvalue weighted by atomic mass is 16.7. The van der Waals surface area contributed by atoms with E-state index < -0.39 is 5.72 Å². The summed E-state index contributed by atoms with van der Waals surface area (Å²) in [6.45, 7) is 1.96. The number of hydrogen-bond donors (Lipinski definition) is 2. The number of ether oxygens (including phenoxy) is 2. The lowest BCUT2D eigenvalue weighted by Gasteiger charge is -2.35. The van der Waals surface area contributed by atoms with E-state index in [1.807, 2.05) is 24.3 Å². The van der Waals surface area contributed by atoms with Gasteiger partial charge in [0.1, 0.15) is 5.69 Å². The Balaban J connectivity index is 1.15. The number of carbonyl (C=O) groups is 1. The van der Waals surface area contributed by atoms with Crippen molar-refractivity contribution in [3.8, 4) is 11.5 Å². The molecule has 1 aromatic carbocycles. The van der Waals surface area contributed by atoms with E-state index >= 15 is 0 Å². The van der Waals surface area contributed by atoms with Crippen molar-refractivity contribution < 1.29 is 19.1 Å². The fourth-order valence-corrected chi connectivity index (χ4v) is 3.66. The van der Waals surface area contributed by atoms with Crippen LogP contribution >= 0.6 is 0 Å². The summed E-state index contributed by atoms with van der Waals surface area (Å²) in [6.07, 6.45) is 3.13. The Morgan fingerprint density at radius 1 is 1.17 bits per heavy atom. The summed E-state index contributed by atoms with van der Waals surface area (Å²) in [5.74, 6) is 1.93. The van der Waals surface area contributed by atoms with Gasteiger partial charge in [-0.05, 0) is 24.3 Å². The maximum Gasteiger partial charge on any atom is 0.238 e. The van der Waals surface area contributed by atoms with Gasteiger partial charge < -0.3 is 14.8 Å². The molecule has 0 unspecified atom stereocenters. The van der Waals surface area contributed by atoms with Crippen molar-refractivity contribution in [3.05, 3.63) is 48.3 Å². The minimum Gasteiger partial charge on any atom is -0.454 e. The molecule has 0 radical (unpaired) electrons. The summed E-state index contributed by atoms with van der Waals surface area (Å²) in [4.78, 5) is 29.4. The molecular formula is C20H21N5O4. The third-order valence-corrected chi connectivity index (χ3v) is 5.22. The van der Waals surface area contributed by atoms with E-state index in [1.165, 1.54) is 0 Å². The van der Waals surface area contributed by atoms with Crippen molar-refractivity contribution in [2.45, 2.75) is 18.6 Å². The second-order valence-electron chi connectivity index (χ2n) is 7.22. The quantitative estimate of drug-likeness (QED) is 0.810. The zero-order chi connectivity index (χ0) is 19.7. The van der Waals surface area contributed by atoms with Gasteiger partial charge in [0.15, 0.2) is 23.1 Å². The van der Waals surface area contributed by atoms with Gasteiger partial charge in [-0.15, -0.1) is 0 Å². The minimum absolute atomic E-state index is 0.0667. The molecule has 4 heterocycles. The fourth-order valence-electron chi connectivity index (χ4n) is 3.66. The fraction of sp³-hybridized carbons (Fsp3) is 0.350. The number of nitrogens with zero attached hydrogens (tertiary/aromatic N) is 3. The van der Waals surface area contributed by atoms with E-state index in [0.717, 1.165) is 18.8 Å². The van der Waals surface area contributed by atoms with E-state index in [1.54, 1.807) is 18.3 Å². The summed E-state index contributed by atoms with van der Waals surface area (Å²) < 4.78 is 10.6. The average Bonchev–Trinajstić information content (AvgIpc) is 3.38. The Morgan fingerprint density at radius 3 is 2.86 bits per heavy atom. The highest BCUT2D eigenvalue weighted by Crippen LogP contribution is 2.34. The first-order valence-electron chi connectivity index (χ1n) is 9.56. The zero-order valence-corrected chi connectivity index (χ0v) is 15.8. The van der Waals surface area contributed by atoms with E-state index in [0.29, 0.717) is 42.4 Å². The van der Waals surface area contributed by atoms with Crippen molar-refractivity contribution in [1.82, 2.24) is 15.4 Å². The molecule has 150 valence electrons. The maximum absolute atomic E-state index is 12.4. The van der Waals surface area contributed by atoms with Crippen molar-refractivity contribution in [2.24, 2.45) is 4.99 Å². The first kappa shape index (κ1) is 17.9. The van der Waals surface area contributed by atoms with Crippen molar-refractivity contribution in [2.75, 3.05) is 31.7 Å². The summed E-state index contributed by atoms with van der Waals surface area (Å²) in [5, 5.41) is 2.91. The topological polar surface area (TPSA) is 97.3 Å². The minimum atomic E-state index is -0.586. The molecule has 0 aliphatic carbocycles. The molecule has 2 N–H and O–H groups in total. The summed E-state index contributed by atoms with van der Waals surface area (Å²) >= 11 is 0. The zero-order valence-electron chi connectivity index (χ0n) is 15.8. The van der Waals surface area contributed by atoms with Crippen LogP contribution in [0.3, 0.4) is 0 Å². The standard InChI is InChI=1S/C20H21N5O4/c26-18(22-14-4-5-16-17(11-14)28-13-27-16)12-25-9-6-20(7-10-25)23-19(24-29-20)15-3-1-2-8-21-15/h1-5,8,11H,6-7,9-10,12-13H2,(H,22,26)(H,23,24). The molecule has 1 saturated heterocycles. The Labute approximate surface area is 167 Å². The van der Waals surface area contributed by atoms with Gasteiger partial charge in [-0.3, -0.25) is 14.7 Å². The number of rotatable bonds is 4. The van der Waals surface area contributed by atoms with E-state index in [9.17, 15) is 4.79 Å². The summed E-state index contributed by atoms with van der Waals surface area (Å²) in [6, 6.07) is 11.1. The molecule has 3 aliphatic rings. The lowest BCUT2D eigenvalue weighted by molar-refractivity contribution is -0.120. The monoisotopic (exact) mass is 395 g/mol. The molecule has 9 heteroatoms. The Kier molecular flexibility index (Phi) is 4.53. The lowest BCUT2D eigenvalue weighted by Crippen LogP contribution is -2.46. The van der Waals surface area contributed by atoms with E-state index in [2.05, 4.69) is 20.7 Å². The van der Waals surface area contributed by atoms with Crippen molar-refractivity contribution >= 4 is 17.4 Å². The Bertz CT molecular complexity index is 941. The van der Waals surface area contributed by atoms with Crippen LogP contribution in [0.2, 0.25) is 0 Å². The molecule has 1 aromatic heterocycles. The molecule has 0 bridgehead atoms. The van der Waals surface area contributed by atoms with Crippen LogP contribution in [-0.2, 0) is 9.63 Å². The maximum atomic E-state index is 12.4. The average molecular weight is 395 g/mol. The Morgan fingerprint density at radius 2 is 2.03 bits per heavy atom. The largest absolute Gasteiger partial charge is 0.454 e. The van der Waals surface area contributed by atoms with Crippen molar-refractivity contribution in [1.29, 1.82) is 0 Å². The van der Waals surface area contributed by atoms with Gasteiger partial charge in [-0.2, -0.15) is 0 Å². The highest BCUT2D eigenvalue weighted by molar-refractivity contribution is 5.97. The van der Waals surface area contributed by atoms with Gasteiger partial charge in [-0.1, -0.05) is 6.07 Å². The third-order valence-electron chi connectivity index (χ3n) is 5.22. The molecule has 0 atom stereocenters. The molecule has 29 heavy (non-hydrogen) atoms. The third kappa shape index (κ3) is 3.74. The number of amidine groups is 1. The number of anilines is 1. The van der Waals surface area contributed by atoms with Crippen LogP contribution in [-0.4, -0.2) is 53.8 Å². The summed E-state index contributed by atoms with van der Waals surface area (Å²) in [7, 11) is 0. The van der Waals surface area contributed by atoms with Gasteiger partial charge >= 0.3 is 0 Å². The van der Waals surface area contributed by atoms with Crippen LogP contribution in [0.1, 0.15) is 18.5 Å². The van der Waals surface area contributed by atoms with Gasteiger partial charge in [-0.25, -0.2) is 15.3 Å². The first-order valence-corrected chi connectivity index (χ1v) is 9.56. The highest BCUT2D eigenvalue weighted by Gasteiger charge is 2.40. The number of pyridine rings is 1. The Hall–Kier alpha value is -3.17. The van der Waals surface area contributed by atoms with E-state index in [-0.39, 0.29) is 12.7 Å². The second kappa shape index (κ2) is 7.34. The normalized spacial score (nSPS) is 19.7. The number of likely N-dealkylation sites (tertiary alicyclic amines) is 1. The summed E-state index contributed by atoms with van der Waals surface area (Å²) in [5.41, 5.74) is 3.78. The number of carbonyl (C=O) groups excluding carboxylic acids is 1. The molecule has 1 fully saturated rings. The molecule has 5 rings (SSSR count). The SMILES string of the molecule is O=C(CN1CCC2(CC1)N=C(c1ccccn1)NO2)Nc1ccc2c(c1)OCO2. The molecule has 2 aromatic rings. The molecule has 0 saturated carbocycles. The number of nitrogens with one attached hydrogen (secondary N) is 2. The second-order valence-corrected chi connectivity index (χ2v) is 7.22. The van der Waals surface area contributed by atoms with Gasteiger partial charge in [0, 0.05) is 43.9 Å². The predicted octanol–water partition coefficient (Wildman–Crippen LogP) is 1.52. The van der Waals surface area contributed by atoms with Gasteiger partial charge in [0.05, 0.1) is 6.54 Å². The number of benzene rings is 1. The lowest BCUT2D eigenvalue weighted by atomic mass is 10.0. The molecular weight excluding hydrogens is 374 g/mol. The molecule has 3 aliphatic heterocycles. The first-order chi connectivity index (χ1) is 14.2. The van der Waals surface area contributed by atoms with Crippen LogP contribution < -0.4 is 20.3 Å². The number of amides is 1. The smallest absolute Gasteiger partial charge is 0.238 e. The van der Waals surface area contributed by atoms with Crippen LogP contribution in [0.4, 0.5) is 5.69 Å². The number of hydrogen-bond acceptors (Lipinski definition) is 8. The molecule has 9 nitrogen and oxygen atoms in total. The van der Waals surface area contributed by atoms with Crippen LogP contribution in [0.15, 0.2) is 47.6 Å². The van der Waals surface area contributed by atoms with Crippen LogP contribution in [0.5, 0.6) is 11.5 Å². The number of aromatic nitrogens is 1. The van der Waals surface area contributed by atoms with Crippen molar-refractivity contribution in [3.63, 3.8) is 0 Å². The van der Waals surface area contributed by atoms with Gasteiger partial charge in [0.25, 0.3) is 0 Å². The van der Waals surface area contributed by atoms with Crippen LogP contribution in [0.25, 0.3) is 0 Å². The number of piperidine rings is 1. The number of aliphatic imine (C=N–C) groups is 1. The number of hydroxylamine groups is 1. The van der Waals surface area contributed by atoms with Gasteiger partial charge in [0.2, 0.25) is 12.7 Å². The molecule has 1 spiro atoms. The van der Waals surface area contributed by atoms with Crippen LogP contribution in [0, 0.1) is 0 Å². The number of fused-ring (bicyclic) bond motifs is 1.